The number of hydrogen-bond donors (Lipinski definition) is 4. The molecule has 9 heteroatoms. The Bertz CT molecular complexity index is 1400. The molecule has 0 aromatic heterocycles. The molecule has 3 aromatic carbocycles. The van der Waals surface area contributed by atoms with Crippen LogP contribution in [0.4, 0.5) is 0 Å². The molecule has 1 saturated carbocycles. The molecule has 196 valence electrons. The van der Waals surface area contributed by atoms with Crippen LogP contribution in [0.25, 0.3) is 0 Å². The first-order chi connectivity index (χ1) is 18.1. The smallest absolute Gasteiger partial charge is 0.338 e. The number of aromatic hydroxyl groups is 2. The fourth-order valence-electron chi connectivity index (χ4n) is 4.82. The van der Waals surface area contributed by atoms with E-state index >= 15 is 0 Å². The van der Waals surface area contributed by atoms with Gasteiger partial charge in [-0.25, -0.2) is 9.59 Å². The molecule has 0 radical (unpaired) electrons. The number of carboxylic acids is 1. The number of hydrogen-bond acceptors (Lipinski definition) is 7. The number of amides is 1. The molecule has 38 heavy (non-hydrogen) atoms. The number of phenols is 2. The zero-order chi connectivity index (χ0) is 27.6. The molecule has 1 amide bonds. The van der Waals surface area contributed by atoms with Crippen molar-refractivity contribution in [2.24, 2.45) is 0 Å². The Morgan fingerprint density at radius 2 is 1.53 bits per heavy atom. The minimum absolute atomic E-state index is 0.0513. The molecular weight excluding hydrogens is 490 g/mol. The molecule has 0 spiro atoms. The summed E-state index contributed by atoms with van der Waals surface area (Å²) in [6.45, 7) is 3.24. The van der Waals surface area contributed by atoms with E-state index in [9.17, 15) is 34.5 Å². The van der Waals surface area contributed by atoms with E-state index in [1.165, 1.54) is 54.6 Å². The van der Waals surface area contributed by atoms with Gasteiger partial charge in [0.2, 0.25) is 0 Å². The molecule has 2 atom stereocenters. The van der Waals surface area contributed by atoms with Gasteiger partial charge in [-0.2, -0.15) is 0 Å². The first-order valence-corrected chi connectivity index (χ1v) is 12.1. The SMILES string of the molecule is Cc1cc(C(=O)OC2CCCC2NC(=O)c2ccc(O)cc2)cc(C)c1C(=O)c1c(O)cccc1C(=O)O. The number of rotatable bonds is 7. The lowest BCUT2D eigenvalue weighted by Gasteiger charge is -2.22. The monoisotopic (exact) mass is 517 g/mol. The number of carboxylic acid groups (broad SMARTS) is 1. The zero-order valence-electron chi connectivity index (χ0n) is 20.9. The summed E-state index contributed by atoms with van der Waals surface area (Å²) in [4.78, 5) is 50.5. The highest BCUT2D eigenvalue weighted by molar-refractivity contribution is 6.17. The van der Waals surface area contributed by atoms with Crippen LogP contribution in [0.2, 0.25) is 0 Å². The van der Waals surface area contributed by atoms with Crippen molar-refractivity contribution in [1.82, 2.24) is 5.32 Å². The van der Waals surface area contributed by atoms with Crippen LogP contribution in [-0.2, 0) is 4.74 Å². The van der Waals surface area contributed by atoms with Crippen molar-refractivity contribution < 1.29 is 39.2 Å². The highest BCUT2D eigenvalue weighted by Gasteiger charge is 2.33. The number of carbonyl (C=O) groups excluding carboxylic acids is 3. The molecule has 4 N–H and O–H groups in total. The van der Waals surface area contributed by atoms with Crippen LogP contribution in [0.15, 0.2) is 54.6 Å². The van der Waals surface area contributed by atoms with E-state index in [0.717, 1.165) is 6.42 Å². The Morgan fingerprint density at radius 3 is 2.16 bits per heavy atom. The van der Waals surface area contributed by atoms with Gasteiger partial charge in [-0.05, 0) is 92.8 Å². The highest BCUT2D eigenvalue weighted by Crippen LogP contribution is 2.29. The fourth-order valence-corrected chi connectivity index (χ4v) is 4.82. The number of carbonyl (C=O) groups is 4. The van der Waals surface area contributed by atoms with Gasteiger partial charge in [-0.3, -0.25) is 9.59 Å². The van der Waals surface area contributed by atoms with E-state index < -0.39 is 29.6 Å². The van der Waals surface area contributed by atoms with Crippen LogP contribution in [-0.4, -0.2) is 51.1 Å². The van der Waals surface area contributed by atoms with E-state index in [0.29, 0.717) is 29.5 Å². The average Bonchev–Trinajstić information content (AvgIpc) is 3.29. The standard InChI is InChI=1S/C29H27NO8/c1-15-13-18(14-16(2)24(15)26(33)25-20(28(35)36)5-3-7-22(25)32)29(37)38-23-8-4-6-21(23)30-27(34)17-9-11-19(31)12-10-17/h3,5,7,9-14,21,23,31-32H,4,6,8H2,1-2H3,(H,30,34)(H,35,36). The number of ketones is 1. The number of nitrogens with one attached hydrogen (secondary N) is 1. The summed E-state index contributed by atoms with van der Waals surface area (Å²) < 4.78 is 5.73. The van der Waals surface area contributed by atoms with E-state index in [2.05, 4.69) is 5.32 Å². The normalized spacial score (nSPS) is 16.6. The summed E-state index contributed by atoms with van der Waals surface area (Å²) in [5.74, 6) is -3.35. The molecule has 0 bridgehead atoms. The van der Waals surface area contributed by atoms with Crippen LogP contribution in [0.3, 0.4) is 0 Å². The number of esters is 1. The minimum Gasteiger partial charge on any atom is -0.508 e. The van der Waals surface area contributed by atoms with Crippen molar-refractivity contribution in [3.63, 3.8) is 0 Å². The first kappa shape index (κ1) is 26.4. The number of benzene rings is 3. The van der Waals surface area contributed by atoms with E-state index in [1.54, 1.807) is 13.8 Å². The van der Waals surface area contributed by atoms with Crippen LogP contribution in [0.1, 0.15) is 77.4 Å². The number of phenolic OH excluding ortho intramolecular Hbond substituents is 2. The Kier molecular flexibility index (Phi) is 7.47. The second kappa shape index (κ2) is 10.8. The Morgan fingerprint density at radius 1 is 0.868 bits per heavy atom. The number of aromatic carboxylic acids is 1. The van der Waals surface area contributed by atoms with Gasteiger partial charge in [0.1, 0.15) is 17.6 Å². The summed E-state index contributed by atoms with van der Waals surface area (Å²) in [6, 6.07) is 12.3. The van der Waals surface area contributed by atoms with Crippen molar-refractivity contribution in [3.05, 3.63) is 93.5 Å². The van der Waals surface area contributed by atoms with E-state index in [4.69, 9.17) is 4.74 Å². The van der Waals surface area contributed by atoms with Gasteiger partial charge in [0, 0.05) is 11.1 Å². The second-order valence-corrected chi connectivity index (χ2v) is 9.32. The molecule has 9 nitrogen and oxygen atoms in total. The summed E-state index contributed by atoms with van der Waals surface area (Å²) in [5.41, 5.74) is 0.976. The third-order valence-corrected chi connectivity index (χ3v) is 6.65. The van der Waals surface area contributed by atoms with Crippen LogP contribution in [0, 0.1) is 13.8 Å². The lowest BCUT2D eigenvalue weighted by Crippen LogP contribution is -2.42. The third-order valence-electron chi connectivity index (χ3n) is 6.65. The van der Waals surface area contributed by atoms with Gasteiger partial charge in [0.05, 0.1) is 22.7 Å². The zero-order valence-corrected chi connectivity index (χ0v) is 20.9. The van der Waals surface area contributed by atoms with Gasteiger partial charge in [0.25, 0.3) is 5.91 Å². The molecule has 1 aliphatic carbocycles. The predicted molar refractivity (Wildman–Crippen MR) is 137 cm³/mol. The first-order valence-electron chi connectivity index (χ1n) is 12.1. The molecule has 3 aromatic rings. The second-order valence-electron chi connectivity index (χ2n) is 9.32. The lowest BCUT2D eigenvalue weighted by molar-refractivity contribution is 0.0250. The molecule has 2 unspecified atom stereocenters. The van der Waals surface area contributed by atoms with Gasteiger partial charge < -0.3 is 25.4 Å². The summed E-state index contributed by atoms with van der Waals surface area (Å²) >= 11 is 0. The summed E-state index contributed by atoms with van der Waals surface area (Å²) in [7, 11) is 0. The Labute approximate surface area is 218 Å². The van der Waals surface area contributed by atoms with E-state index in [1.807, 2.05) is 0 Å². The molecule has 0 saturated heterocycles. The molecule has 0 aliphatic heterocycles. The topological polar surface area (TPSA) is 150 Å². The van der Waals surface area contributed by atoms with Crippen LogP contribution in [0.5, 0.6) is 11.5 Å². The minimum atomic E-state index is -1.34. The van der Waals surface area contributed by atoms with Crippen LogP contribution < -0.4 is 5.32 Å². The van der Waals surface area contributed by atoms with Crippen molar-refractivity contribution in [2.75, 3.05) is 0 Å². The van der Waals surface area contributed by atoms with Crippen molar-refractivity contribution >= 4 is 23.6 Å². The van der Waals surface area contributed by atoms with Gasteiger partial charge in [-0.1, -0.05) is 6.07 Å². The maximum absolute atomic E-state index is 13.3. The largest absolute Gasteiger partial charge is 0.508 e. The van der Waals surface area contributed by atoms with Gasteiger partial charge >= 0.3 is 11.9 Å². The van der Waals surface area contributed by atoms with Gasteiger partial charge in [0.15, 0.2) is 5.78 Å². The average molecular weight is 518 g/mol. The van der Waals surface area contributed by atoms with Crippen molar-refractivity contribution in [3.8, 4) is 11.5 Å². The maximum Gasteiger partial charge on any atom is 0.338 e. The van der Waals surface area contributed by atoms with Crippen molar-refractivity contribution in [1.29, 1.82) is 0 Å². The number of aryl methyl sites for hydroxylation is 2. The highest BCUT2D eigenvalue weighted by atomic mass is 16.5. The quantitative estimate of drug-likeness (QED) is 0.270. The molecule has 4 rings (SSSR count). The Balaban J connectivity index is 1.52. The lowest BCUT2D eigenvalue weighted by atomic mass is 9.90. The molecule has 1 fully saturated rings. The fraction of sp³-hybridized carbons (Fsp3) is 0.241. The maximum atomic E-state index is 13.3. The van der Waals surface area contributed by atoms with E-state index in [-0.39, 0.29) is 40.0 Å². The predicted octanol–water partition coefficient (Wildman–Crippen LogP) is 4.15. The van der Waals surface area contributed by atoms with Crippen molar-refractivity contribution in [2.45, 2.75) is 45.3 Å². The summed E-state index contributed by atoms with van der Waals surface area (Å²) in [5, 5.41) is 32.0. The molecular formula is C29H27NO8. The summed E-state index contributed by atoms with van der Waals surface area (Å²) in [6.07, 6.45) is 1.44. The Hall–Kier alpha value is -4.66. The number of ether oxygens (including phenoxy) is 1. The third kappa shape index (κ3) is 5.36. The molecule has 0 heterocycles. The van der Waals surface area contributed by atoms with Crippen LogP contribution >= 0.6 is 0 Å². The molecule has 1 aliphatic rings. The van der Waals surface area contributed by atoms with Gasteiger partial charge in [-0.15, -0.1) is 0 Å².